The normalized spacial score (nSPS) is 14.7. The van der Waals surface area contributed by atoms with Crippen LogP contribution in [0.25, 0.3) is 11.6 Å². The topological polar surface area (TPSA) is 69.9 Å². The Morgan fingerprint density at radius 2 is 2.17 bits per heavy atom. The van der Waals surface area contributed by atoms with E-state index in [1.165, 1.54) is 34.0 Å². The van der Waals surface area contributed by atoms with Crippen molar-refractivity contribution in [1.29, 1.82) is 0 Å². The number of carbonyl (C=O) groups is 1. The van der Waals surface area contributed by atoms with Gasteiger partial charge in [-0.25, -0.2) is 10.00 Å². The number of hydrogen-bond donors (Lipinski definition) is 2. The molecule has 0 bridgehead atoms. The van der Waals surface area contributed by atoms with E-state index in [0.29, 0.717) is 0 Å². The molecule has 2 N–H and O–H groups in total. The highest BCUT2D eigenvalue weighted by Crippen LogP contribution is 2.23. The quantitative estimate of drug-likeness (QED) is 0.375. The summed E-state index contributed by atoms with van der Waals surface area (Å²) in [6.07, 6.45) is 9.20. The molecule has 0 unspecified atom stereocenters. The fourth-order valence-corrected chi connectivity index (χ4v) is 4.27. The molecule has 3 heterocycles. The lowest BCUT2D eigenvalue weighted by Crippen LogP contribution is -2.26. The first-order valence-corrected chi connectivity index (χ1v) is 10.6. The Morgan fingerprint density at radius 3 is 3.00 bits per heavy atom. The van der Waals surface area contributed by atoms with Crippen LogP contribution in [0.4, 0.5) is 0 Å². The Balaban J connectivity index is 1.47. The van der Waals surface area contributed by atoms with E-state index in [0.717, 1.165) is 50.9 Å². The number of nitrogens with one attached hydrogen (secondary N) is 1. The molecule has 1 aliphatic heterocycles. The van der Waals surface area contributed by atoms with Gasteiger partial charge in [0, 0.05) is 30.9 Å². The molecule has 156 valence electrons. The number of aryl methyl sites for hydroxylation is 2. The highest BCUT2D eigenvalue weighted by Gasteiger charge is 2.17. The summed E-state index contributed by atoms with van der Waals surface area (Å²) in [5.74, 6) is -0.518. The summed E-state index contributed by atoms with van der Waals surface area (Å²) in [5.41, 5.74) is 9.07. The molecular formula is C24H28N4O2. The number of benzene rings is 1. The van der Waals surface area contributed by atoms with Crippen molar-refractivity contribution in [3.63, 3.8) is 0 Å². The summed E-state index contributed by atoms with van der Waals surface area (Å²) in [7, 11) is 0. The zero-order chi connectivity index (χ0) is 20.9. The molecule has 0 radical (unpaired) electrons. The van der Waals surface area contributed by atoms with E-state index in [2.05, 4.69) is 36.1 Å². The van der Waals surface area contributed by atoms with Crippen LogP contribution in [0.1, 0.15) is 41.3 Å². The Labute approximate surface area is 176 Å². The maximum absolute atomic E-state index is 11.2. The summed E-state index contributed by atoms with van der Waals surface area (Å²) in [6, 6.07) is 12.6. The van der Waals surface area contributed by atoms with Gasteiger partial charge in [0.2, 0.25) is 0 Å². The molecule has 0 saturated carbocycles. The number of pyridine rings is 1. The SMILES string of the molecule is CCc1nn2ccccc2c1CCN1CCCc2cc(C=CC(=O)NO)ccc2C1. The number of hydrogen-bond acceptors (Lipinski definition) is 4. The van der Waals surface area contributed by atoms with E-state index in [9.17, 15) is 4.79 Å². The van der Waals surface area contributed by atoms with Crippen molar-refractivity contribution in [3.05, 3.63) is 76.6 Å². The molecule has 0 spiro atoms. The third-order valence-electron chi connectivity index (χ3n) is 5.82. The van der Waals surface area contributed by atoms with Crippen LogP contribution in [0.2, 0.25) is 0 Å². The second kappa shape index (κ2) is 9.24. The lowest BCUT2D eigenvalue weighted by molar-refractivity contribution is -0.124. The molecule has 0 fully saturated rings. The van der Waals surface area contributed by atoms with Crippen molar-refractivity contribution >= 4 is 17.5 Å². The standard InChI is InChI=1S/C24H28N4O2/c1-2-22-21(23-7-3-4-14-28(23)25-22)12-15-27-13-5-6-19-16-18(8-10-20(19)17-27)9-11-24(29)26-30/h3-4,7-11,14,16,30H,2,5-6,12-13,15,17H2,1H3,(H,26,29). The van der Waals surface area contributed by atoms with Gasteiger partial charge in [-0.15, -0.1) is 0 Å². The zero-order valence-corrected chi connectivity index (χ0v) is 17.3. The highest BCUT2D eigenvalue weighted by atomic mass is 16.5. The maximum Gasteiger partial charge on any atom is 0.267 e. The molecule has 1 amide bonds. The van der Waals surface area contributed by atoms with Crippen LogP contribution >= 0.6 is 0 Å². The number of fused-ring (bicyclic) bond motifs is 2. The Morgan fingerprint density at radius 1 is 1.27 bits per heavy atom. The van der Waals surface area contributed by atoms with E-state index in [1.807, 2.05) is 22.8 Å². The third-order valence-corrected chi connectivity index (χ3v) is 5.82. The largest absolute Gasteiger partial charge is 0.299 e. The van der Waals surface area contributed by atoms with Gasteiger partial charge >= 0.3 is 0 Å². The second-order valence-corrected chi connectivity index (χ2v) is 7.78. The number of amides is 1. The molecule has 3 aromatic rings. The van der Waals surface area contributed by atoms with Crippen LogP contribution in [0.5, 0.6) is 0 Å². The third kappa shape index (κ3) is 4.45. The zero-order valence-electron chi connectivity index (χ0n) is 17.3. The Hall–Kier alpha value is -2.96. The molecule has 4 rings (SSSR count). The first kappa shape index (κ1) is 20.3. The number of rotatable bonds is 6. The summed E-state index contributed by atoms with van der Waals surface area (Å²) in [4.78, 5) is 13.7. The van der Waals surface area contributed by atoms with Gasteiger partial charge in [-0.2, -0.15) is 5.10 Å². The lowest BCUT2D eigenvalue weighted by atomic mass is 10.0. The van der Waals surface area contributed by atoms with Crippen molar-refractivity contribution in [2.75, 3.05) is 13.1 Å². The minimum atomic E-state index is -0.518. The average Bonchev–Trinajstić information content (AvgIpc) is 3.01. The van der Waals surface area contributed by atoms with E-state index < -0.39 is 5.91 Å². The van der Waals surface area contributed by atoms with Crippen LogP contribution in [-0.2, 0) is 30.6 Å². The molecular weight excluding hydrogens is 376 g/mol. The van der Waals surface area contributed by atoms with Crippen LogP contribution in [0.3, 0.4) is 0 Å². The van der Waals surface area contributed by atoms with Crippen molar-refractivity contribution in [3.8, 4) is 0 Å². The molecule has 6 heteroatoms. The van der Waals surface area contributed by atoms with E-state index in [-0.39, 0.29) is 0 Å². The molecule has 0 aliphatic carbocycles. The fraction of sp³-hybridized carbons (Fsp3) is 0.333. The summed E-state index contributed by atoms with van der Waals surface area (Å²) in [5, 5.41) is 13.4. The molecule has 30 heavy (non-hydrogen) atoms. The van der Waals surface area contributed by atoms with Gasteiger partial charge in [0.1, 0.15) is 0 Å². The first-order chi connectivity index (χ1) is 14.7. The molecule has 2 aromatic heterocycles. The smallest absolute Gasteiger partial charge is 0.267 e. The van der Waals surface area contributed by atoms with Crippen molar-refractivity contribution in [2.24, 2.45) is 0 Å². The van der Waals surface area contributed by atoms with Crippen LogP contribution < -0.4 is 5.48 Å². The number of hydroxylamine groups is 1. The van der Waals surface area contributed by atoms with Crippen molar-refractivity contribution < 1.29 is 10.0 Å². The Bertz CT molecular complexity index is 1070. The van der Waals surface area contributed by atoms with Gasteiger partial charge in [-0.3, -0.25) is 14.9 Å². The molecule has 1 aromatic carbocycles. The van der Waals surface area contributed by atoms with Crippen molar-refractivity contribution in [1.82, 2.24) is 20.0 Å². The average molecular weight is 405 g/mol. The van der Waals surface area contributed by atoms with E-state index in [4.69, 9.17) is 10.3 Å². The van der Waals surface area contributed by atoms with Crippen LogP contribution in [-0.4, -0.2) is 38.7 Å². The van der Waals surface area contributed by atoms with Gasteiger partial charge < -0.3 is 0 Å². The molecule has 0 atom stereocenters. The second-order valence-electron chi connectivity index (χ2n) is 7.78. The molecule has 6 nitrogen and oxygen atoms in total. The summed E-state index contributed by atoms with van der Waals surface area (Å²) in [6.45, 7) is 5.20. The molecule has 0 saturated heterocycles. The predicted molar refractivity (Wildman–Crippen MR) is 117 cm³/mol. The summed E-state index contributed by atoms with van der Waals surface area (Å²) < 4.78 is 2.00. The monoisotopic (exact) mass is 404 g/mol. The van der Waals surface area contributed by atoms with Gasteiger partial charge in [0.15, 0.2) is 0 Å². The van der Waals surface area contributed by atoms with Crippen LogP contribution in [0, 0.1) is 0 Å². The van der Waals surface area contributed by atoms with E-state index in [1.54, 1.807) is 11.6 Å². The highest BCUT2D eigenvalue weighted by molar-refractivity contribution is 5.90. The number of nitrogens with zero attached hydrogens (tertiary/aromatic N) is 3. The van der Waals surface area contributed by atoms with Gasteiger partial charge in [0.05, 0.1) is 11.2 Å². The van der Waals surface area contributed by atoms with Gasteiger partial charge in [0.25, 0.3) is 5.91 Å². The molecule has 1 aliphatic rings. The van der Waals surface area contributed by atoms with Crippen LogP contribution in [0.15, 0.2) is 48.7 Å². The minimum Gasteiger partial charge on any atom is -0.299 e. The Kier molecular flexibility index (Phi) is 6.26. The minimum absolute atomic E-state index is 0.518. The first-order valence-electron chi connectivity index (χ1n) is 10.6. The number of carbonyl (C=O) groups excluding carboxylic acids is 1. The van der Waals surface area contributed by atoms with Crippen molar-refractivity contribution in [2.45, 2.75) is 39.2 Å². The maximum atomic E-state index is 11.2. The lowest BCUT2D eigenvalue weighted by Gasteiger charge is -2.20. The predicted octanol–water partition coefficient (Wildman–Crippen LogP) is 3.41. The fourth-order valence-electron chi connectivity index (χ4n) is 4.27. The number of aromatic nitrogens is 2. The van der Waals surface area contributed by atoms with Gasteiger partial charge in [-0.05, 0) is 67.1 Å². The summed E-state index contributed by atoms with van der Waals surface area (Å²) >= 11 is 0. The van der Waals surface area contributed by atoms with Gasteiger partial charge in [-0.1, -0.05) is 31.2 Å². The van der Waals surface area contributed by atoms with E-state index >= 15 is 0 Å².